The van der Waals surface area contributed by atoms with E-state index in [9.17, 15) is 9.18 Å². The van der Waals surface area contributed by atoms with Gasteiger partial charge in [-0.15, -0.1) is 5.10 Å². The molecule has 1 fully saturated rings. The molecule has 0 aliphatic carbocycles. The molecule has 1 aliphatic heterocycles. The van der Waals surface area contributed by atoms with E-state index < -0.39 is 5.82 Å². The molecule has 3 aromatic carbocycles. The molecule has 1 aromatic heterocycles. The van der Waals surface area contributed by atoms with E-state index in [1.807, 2.05) is 30.3 Å². The summed E-state index contributed by atoms with van der Waals surface area (Å²) in [6.07, 6.45) is 0.733. The van der Waals surface area contributed by atoms with Crippen LogP contribution in [0, 0.1) is 5.82 Å². The monoisotopic (exact) mass is 489 g/mol. The average molecular weight is 490 g/mol. The fraction of sp³-hybridized carbons (Fsp3) is 0.222. The number of piperazine rings is 1. The van der Waals surface area contributed by atoms with Gasteiger partial charge in [-0.1, -0.05) is 66.2 Å². The Balaban J connectivity index is 1.24. The molecule has 0 atom stereocenters. The number of benzene rings is 3. The van der Waals surface area contributed by atoms with Gasteiger partial charge in [0.15, 0.2) is 5.82 Å². The van der Waals surface area contributed by atoms with Crippen LogP contribution in [0.3, 0.4) is 0 Å². The van der Waals surface area contributed by atoms with Crippen LogP contribution >= 0.6 is 11.6 Å². The predicted octanol–water partition coefficient (Wildman–Crippen LogP) is 4.77. The van der Waals surface area contributed by atoms with E-state index in [0.29, 0.717) is 5.69 Å². The molecule has 0 unspecified atom stereocenters. The van der Waals surface area contributed by atoms with Crippen molar-refractivity contribution < 1.29 is 9.18 Å². The number of rotatable bonds is 6. The number of nitrogens with one attached hydrogen (secondary N) is 1. The largest absolute Gasteiger partial charge is 0.352 e. The number of hydrogen-bond donors (Lipinski definition) is 1. The third-order valence-electron chi connectivity index (χ3n) is 6.20. The number of nitrogens with zero attached hydrogens (tertiary/aromatic N) is 4. The Bertz CT molecular complexity index is 1340. The minimum atomic E-state index is -0.510. The zero-order chi connectivity index (χ0) is 24.2. The van der Waals surface area contributed by atoms with E-state index >= 15 is 0 Å². The van der Waals surface area contributed by atoms with Gasteiger partial charge in [0.1, 0.15) is 5.82 Å². The maximum absolute atomic E-state index is 13.3. The summed E-state index contributed by atoms with van der Waals surface area (Å²) in [5.74, 6) is 0.212. The molecule has 1 amide bonds. The van der Waals surface area contributed by atoms with Crippen LogP contribution in [0.2, 0.25) is 5.02 Å². The molecule has 8 heteroatoms. The standard InChI is InChI=1S/C27H25ClFN5O/c28-23-17-20(10-11-24(23)29)30-26(35)18-33-12-14-34(15-13-33)27-22-9-5-4-8-21(22)25(31-32-27)16-19-6-2-1-3-7-19/h1-11,17H,12-16,18H2,(H,30,35). The second-order valence-corrected chi connectivity index (χ2v) is 9.03. The van der Waals surface area contributed by atoms with E-state index in [1.54, 1.807) is 0 Å². The van der Waals surface area contributed by atoms with Crippen LogP contribution in [0.15, 0.2) is 72.8 Å². The van der Waals surface area contributed by atoms with Crippen LogP contribution in [0.25, 0.3) is 10.8 Å². The second-order valence-electron chi connectivity index (χ2n) is 8.62. The van der Waals surface area contributed by atoms with E-state index in [0.717, 1.165) is 54.9 Å². The van der Waals surface area contributed by atoms with Crippen molar-refractivity contribution in [3.8, 4) is 0 Å². The summed E-state index contributed by atoms with van der Waals surface area (Å²) in [7, 11) is 0. The highest BCUT2D eigenvalue weighted by Crippen LogP contribution is 2.28. The Morgan fingerprint density at radius 2 is 1.63 bits per heavy atom. The van der Waals surface area contributed by atoms with E-state index in [4.69, 9.17) is 11.6 Å². The van der Waals surface area contributed by atoms with Crippen molar-refractivity contribution in [2.24, 2.45) is 0 Å². The maximum atomic E-state index is 13.3. The molecule has 1 aliphatic rings. The molecule has 6 nitrogen and oxygen atoms in total. The second kappa shape index (κ2) is 10.4. The first kappa shape index (κ1) is 23.2. The van der Waals surface area contributed by atoms with Gasteiger partial charge >= 0.3 is 0 Å². The SMILES string of the molecule is O=C(CN1CCN(c2nnc(Cc3ccccc3)c3ccccc23)CC1)Nc1ccc(F)c(Cl)c1. The lowest BCUT2D eigenvalue weighted by Gasteiger charge is -2.35. The van der Waals surface area contributed by atoms with E-state index in [-0.39, 0.29) is 17.5 Å². The van der Waals surface area contributed by atoms with Crippen LogP contribution in [0.4, 0.5) is 15.9 Å². The summed E-state index contributed by atoms with van der Waals surface area (Å²) in [4.78, 5) is 16.8. The summed E-state index contributed by atoms with van der Waals surface area (Å²) in [5, 5.41) is 14.2. The molecule has 5 rings (SSSR count). The highest BCUT2D eigenvalue weighted by Gasteiger charge is 2.22. The van der Waals surface area contributed by atoms with Crippen LogP contribution in [-0.2, 0) is 11.2 Å². The van der Waals surface area contributed by atoms with Crippen LogP contribution in [-0.4, -0.2) is 53.7 Å². The number of amides is 1. The number of hydrogen-bond acceptors (Lipinski definition) is 5. The summed E-state index contributed by atoms with van der Waals surface area (Å²) in [5.41, 5.74) is 2.65. The first-order chi connectivity index (χ1) is 17.1. The number of carbonyl (C=O) groups is 1. The summed E-state index contributed by atoms with van der Waals surface area (Å²) in [6, 6.07) is 22.7. The lowest BCUT2D eigenvalue weighted by Crippen LogP contribution is -2.49. The highest BCUT2D eigenvalue weighted by molar-refractivity contribution is 6.31. The lowest BCUT2D eigenvalue weighted by atomic mass is 10.0. The first-order valence-electron chi connectivity index (χ1n) is 11.6. The molecule has 0 saturated carbocycles. The average Bonchev–Trinajstić information content (AvgIpc) is 2.88. The summed E-state index contributed by atoms with van der Waals surface area (Å²) in [6.45, 7) is 3.18. The molecule has 1 N–H and O–H groups in total. The topological polar surface area (TPSA) is 61.4 Å². The zero-order valence-electron chi connectivity index (χ0n) is 19.1. The van der Waals surface area contributed by atoms with Crippen molar-refractivity contribution in [1.29, 1.82) is 0 Å². The van der Waals surface area contributed by atoms with Crippen molar-refractivity contribution >= 4 is 39.8 Å². The van der Waals surface area contributed by atoms with Crippen molar-refractivity contribution in [1.82, 2.24) is 15.1 Å². The molecule has 2 heterocycles. The Morgan fingerprint density at radius 3 is 2.37 bits per heavy atom. The predicted molar refractivity (Wildman–Crippen MR) is 137 cm³/mol. The van der Waals surface area contributed by atoms with Crippen LogP contribution in [0.5, 0.6) is 0 Å². The normalized spacial score (nSPS) is 14.3. The van der Waals surface area contributed by atoms with Crippen molar-refractivity contribution in [2.75, 3.05) is 42.9 Å². The maximum Gasteiger partial charge on any atom is 0.238 e. The Morgan fingerprint density at radius 1 is 0.914 bits per heavy atom. The Labute approximate surface area is 208 Å². The number of aromatic nitrogens is 2. The van der Waals surface area contributed by atoms with Crippen molar-refractivity contribution in [3.05, 3.63) is 94.9 Å². The van der Waals surface area contributed by atoms with Gasteiger partial charge in [0.25, 0.3) is 0 Å². The van der Waals surface area contributed by atoms with E-state index in [1.165, 1.54) is 23.8 Å². The van der Waals surface area contributed by atoms with Crippen LogP contribution in [0.1, 0.15) is 11.3 Å². The fourth-order valence-corrected chi connectivity index (χ4v) is 4.57. The first-order valence-corrected chi connectivity index (χ1v) is 11.9. The third-order valence-corrected chi connectivity index (χ3v) is 6.49. The molecular weight excluding hydrogens is 465 g/mol. The molecular formula is C27H25ClFN5O. The third kappa shape index (κ3) is 5.42. The van der Waals surface area contributed by atoms with Gasteiger partial charge in [-0.2, -0.15) is 5.10 Å². The zero-order valence-corrected chi connectivity index (χ0v) is 19.9. The van der Waals surface area contributed by atoms with Crippen molar-refractivity contribution in [3.63, 3.8) is 0 Å². The summed E-state index contributed by atoms with van der Waals surface area (Å²) >= 11 is 5.80. The minimum absolute atomic E-state index is 0.0143. The van der Waals surface area contributed by atoms with Gasteiger partial charge < -0.3 is 10.2 Å². The van der Waals surface area contributed by atoms with Gasteiger partial charge in [-0.05, 0) is 23.8 Å². The van der Waals surface area contributed by atoms with Gasteiger partial charge in [0.2, 0.25) is 5.91 Å². The van der Waals surface area contributed by atoms with Crippen LogP contribution < -0.4 is 10.2 Å². The molecule has 0 bridgehead atoms. The number of fused-ring (bicyclic) bond motifs is 1. The number of anilines is 2. The Hall–Kier alpha value is -3.55. The van der Waals surface area contributed by atoms with Gasteiger partial charge in [0.05, 0.1) is 17.3 Å². The van der Waals surface area contributed by atoms with Crippen molar-refractivity contribution in [2.45, 2.75) is 6.42 Å². The van der Waals surface area contributed by atoms with E-state index in [2.05, 4.69) is 49.6 Å². The van der Waals surface area contributed by atoms with Gasteiger partial charge in [-0.25, -0.2) is 4.39 Å². The quantitative estimate of drug-likeness (QED) is 0.422. The van der Waals surface area contributed by atoms with Gasteiger partial charge in [-0.3, -0.25) is 9.69 Å². The molecule has 35 heavy (non-hydrogen) atoms. The number of carbonyl (C=O) groups excluding carboxylic acids is 1. The van der Waals surface area contributed by atoms with Gasteiger partial charge in [0, 0.05) is 49.1 Å². The molecule has 0 spiro atoms. The smallest absolute Gasteiger partial charge is 0.238 e. The minimum Gasteiger partial charge on any atom is -0.352 e. The Kier molecular flexibility index (Phi) is 6.88. The molecule has 0 radical (unpaired) electrons. The number of halogens is 2. The molecule has 178 valence electrons. The summed E-state index contributed by atoms with van der Waals surface area (Å²) < 4.78 is 13.3. The lowest BCUT2D eigenvalue weighted by molar-refractivity contribution is -0.117. The molecule has 4 aromatic rings. The fourth-order valence-electron chi connectivity index (χ4n) is 4.39. The molecule has 1 saturated heterocycles. The highest BCUT2D eigenvalue weighted by atomic mass is 35.5.